The van der Waals surface area contributed by atoms with Gasteiger partial charge in [-0.15, -0.1) is 0 Å². The molecule has 9 aromatic carbocycles. The lowest BCUT2D eigenvalue weighted by molar-refractivity contribution is 0.771. The Bertz CT molecular complexity index is 3150. The van der Waals surface area contributed by atoms with Crippen LogP contribution in [0.4, 0.5) is 17.1 Å². The van der Waals surface area contributed by atoms with Gasteiger partial charge in [0.2, 0.25) is 0 Å². The second-order valence-electron chi connectivity index (χ2n) is 15.1. The van der Waals surface area contributed by atoms with Crippen LogP contribution in [0.2, 0.25) is 0 Å². The summed E-state index contributed by atoms with van der Waals surface area (Å²) in [5.74, 6) is 0. The molecule has 0 saturated carbocycles. The molecule has 11 rings (SSSR count). The molecule has 0 amide bonds. The summed E-state index contributed by atoms with van der Waals surface area (Å²) in [7, 11) is 0. The van der Waals surface area contributed by atoms with Crippen LogP contribution in [0.5, 0.6) is 0 Å². The average Bonchev–Trinajstić information content (AvgIpc) is 3.83. The SMILES string of the molecule is [2H]/C(=C(/[2H])c1ccc2c(c1)C(c1ccccc1)(c1ccccc1)c1c-2ccc2c3ccccc3n(-c3ccccc3)c12)c1ccc(N(c2ccccc2)c2ccccc2)cc1. The number of nitrogens with zero attached hydrogens (tertiary/aromatic N) is 2. The van der Waals surface area contributed by atoms with Gasteiger partial charge in [0, 0.05) is 39.1 Å². The molecule has 0 fully saturated rings. The summed E-state index contributed by atoms with van der Waals surface area (Å²) in [6.07, 6.45) is 0. The van der Waals surface area contributed by atoms with E-state index in [9.17, 15) is 2.74 Å². The van der Waals surface area contributed by atoms with Crippen LogP contribution in [-0.4, -0.2) is 4.57 Å². The number of rotatable bonds is 8. The molecule has 2 heteroatoms. The van der Waals surface area contributed by atoms with Crippen LogP contribution in [0.3, 0.4) is 0 Å². The van der Waals surface area contributed by atoms with Crippen LogP contribution >= 0.6 is 0 Å². The standard InChI is InChI=1S/C57H40N2/c1-6-18-43(19-7-1)57(44-20-8-2-9-21-44)53-40-42(31-30-41-32-35-48(36-33-41)58(45-22-10-3-11-23-45)46-24-12-4-13-25-46)34-37-49(53)51-38-39-52-50-28-16-17-29-54(50)59(56(52)55(51)57)47-26-14-5-15-27-47/h1-40H/b31-30+/i30D,31D. The van der Waals surface area contributed by atoms with Gasteiger partial charge in [0.25, 0.3) is 0 Å². The van der Waals surface area contributed by atoms with E-state index in [0.29, 0.717) is 11.1 Å². The Morgan fingerprint density at radius 2 is 0.915 bits per heavy atom. The van der Waals surface area contributed by atoms with Gasteiger partial charge in [0.05, 0.1) is 19.2 Å². The van der Waals surface area contributed by atoms with E-state index >= 15 is 0 Å². The van der Waals surface area contributed by atoms with Gasteiger partial charge in [-0.05, 0) is 99.6 Å². The molecule has 0 aliphatic heterocycles. The number of hydrogen-bond donors (Lipinski definition) is 0. The quantitative estimate of drug-likeness (QED) is 0.140. The summed E-state index contributed by atoms with van der Waals surface area (Å²) in [6.45, 7) is 0. The van der Waals surface area contributed by atoms with Crippen LogP contribution in [0, 0.1) is 0 Å². The first-order valence-corrected chi connectivity index (χ1v) is 20.2. The number of aromatic nitrogens is 1. The average molecular weight is 755 g/mol. The van der Waals surface area contributed by atoms with Crippen molar-refractivity contribution in [3.8, 4) is 16.8 Å². The molecule has 0 bridgehead atoms. The maximum absolute atomic E-state index is 9.65. The molecule has 1 aliphatic carbocycles. The Labute approximate surface area is 348 Å². The fraction of sp³-hybridized carbons (Fsp3) is 0.0175. The monoisotopic (exact) mass is 754 g/mol. The van der Waals surface area contributed by atoms with Gasteiger partial charge in [-0.2, -0.15) is 0 Å². The summed E-state index contributed by atoms with van der Waals surface area (Å²) in [5, 5.41) is 2.39. The summed E-state index contributed by atoms with van der Waals surface area (Å²) < 4.78 is 21.6. The van der Waals surface area contributed by atoms with Crippen molar-refractivity contribution in [1.29, 1.82) is 0 Å². The molecule has 0 unspecified atom stereocenters. The molecule has 278 valence electrons. The van der Waals surface area contributed by atoms with Gasteiger partial charge in [-0.25, -0.2) is 0 Å². The molecule has 0 atom stereocenters. The minimum absolute atomic E-state index is 0.171. The zero-order valence-electron chi connectivity index (χ0n) is 34.3. The van der Waals surface area contributed by atoms with Crippen LogP contribution < -0.4 is 4.90 Å². The first kappa shape index (κ1) is 32.4. The fourth-order valence-corrected chi connectivity index (χ4v) is 9.39. The number of para-hydroxylation sites is 4. The van der Waals surface area contributed by atoms with Gasteiger partial charge in [0.15, 0.2) is 0 Å². The highest BCUT2D eigenvalue weighted by Gasteiger charge is 2.48. The van der Waals surface area contributed by atoms with Crippen molar-refractivity contribution in [2.24, 2.45) is 0 Å². The Kier molecular flexibility index (Phi) is 7.89. The lowest BCUT2D eigenvalue weighted by Gasteiger charge is -2.34. The lowest BCUT2D eigenvalue weighted by Crippen LogP contribution is -2.29. The van der Waals surface area contributed by atoms with Crippen molar-refractivity contribution in [2.75, 3.05) is 4.90 Å². The third-order valence-electron chi connectivity index (χ3n) is 11.9. The maximum atomic E-state index is 9.65. The van der Waals surface area contributed by atoms with Gasteiger partial charge < -0.3 is 9.47 Å². The molecule has 1 aromatic heterocycles. The van der Waals surface area contributed by atoms with E-state index in [1.807, 2.05) is 66.7 Å². The highest BCUT2D eigenvalue weighted by molar-refractivity contribution is 6.14. The van der Waals surface area contributed by atoms with Crippen LogP contribution in [0.15, 0.2) is 231 Å². The van der Waals surface area contributed by atoms with Gasteiger partial charge in [0.1, 0.15) is 0 Å². The molecule has 2 nitrogen and oxygen atoms in total. The van der Waals surface area contributed by atoms with Crippen molar-refractivity contribution < 1.29 is 2.74 Å². The minimum atomic E-state index is -0.744. The highest BCUT2D eigenvalue weighted by atomic mass is 15.1. The van der Waals surface area contributed by atoms with Crippen molar-refractivity contribution in [3.05, 3.63) is 264 Å². The molecule has 1 heterocycles. The first-order chi connectivity index (χ1) is 30.1. The van der Waals surface area contributed by atoms with Gasteiger partial charge in [-0.3, -0.25) is 0 Å². The Hall–Kier alpha value is -7.68. The number of benzene rings is 9. The molecular weight excluding hydrogens is 713 g/mol. The van der Waals surface area contributed by atoms with E-state index in [0.717, 1.165) is 50.5 Å². The smallest absolute Gasteiger partial charge is 0.0734 e. The predicted octanol–water partition coefficient (Wildman–Crippen LogP) is 14.8. The Morgan fingerprint density at radius 1 is 0.424 bits per heavy atom. The summed E-state index contributed by atoms with van der Waals surface area (Å²) in [6, 6.07) is 81.0. The van der Waals surface area contributed by atoms with Crippen LogP contribution in [0.1, 0.15) is 36.1 Å². The van der Waals surface area contributed by atoms with Crippen molar-refractivity contribution in [3.63, 3.8) is 0 Å². The number of hydrogen-bond acceptors (Lipinski definition) is 1. The zero-order chi connectivity index (χ0) is 40.9. The summed E-state index contributed by atoms with van der Waals surface area (Å²) in [5.41, 5.74) is 14.0. The second-order valence-corrected chi connectivity index (χ2v) is 15.1. The van der Waals surface area contributed by atoms with Crippen molar-refractivity contribution in [2.45, 2.75) is 5.41 Å². The van der Waals surface area contributed by atoms with E-state index < -0.39 is 5.41 Å². The molecule has 10 aromatic rings. The third kappa shape index (κ3) is 5.64. The first-order valence-electron chi connectivity index (χ1n) is 21.2. The number of anilines is 3. The molecular formula is C57H40N2. The Morgan fingerprint density at radius 3 is 1.54 bits per heavy atom. The molecule has 0 radical (unpaired) electrons. The van der Waals surface area contributed by atoms with Gasteiger partial charge >= 0.3 is 0 Å². The second kappa shape index (κ2) is 14.4. The van der Waals surface area contributed by atoms with Crippen molar-refractivity contribution >= 4 is 51.0 Å². The lowest BCUT2D eigenvalue weighted by atomic mass is 9.67. The maximum Gasteiger partial charge on any atom is 0.0734 e. The summed E-state index contributed by atoms with van der Waals surface area (Å²) in [4.78, 5) is 2.21. The largest absolute Gasteiger partial charge is 0.311 e. The molecule has 0 saturated heterocycles. The fourth-order valence-electron chi connectivity index (χ4n) is 9.39. The van der Waals surface area contributed by atoms with E-state index in [2.05, 4.69) is 173 Å². The zero-order valence-corrected chi connectivity index (χ0v) is 32.3. The number of fused-ring (bicyclic) bond motifs is 7. The van der Waals surface area contributed by atoms with E-state index in [1.165, 1.54) is 27.4 Å². The Balaban J connectivity index is 1.12. The molecule has 0 spiro atoms. The molecule has 0 N–H and O–H groups in total. The van der Waals surface area contributed by atoms with E-state index in [-0.39, 0.29) is 12.1 Å². The van der Waals surface area contributed by atoms with Crippen LogP contribution in [0.25, 0.3) is 50.7 Å². The van der Waals surface area contributed by atoms with Crippen LogP contribution in [-0.2, 0) is 5.41 Å². The van der Waals surface area contributed by atoms with Gasteiger partial charge in [-0.1, -0.05) is 182 Å². The minimum Gasteiger partial charge on any atom is -0.311 e. The van der Waals surface area contributed by atoms with E-state index in [4.69, 9.17) is 0 Å². The van der Waals surface area contributed by atoms with E-state index in [1.54, 1.807) is 0 Å². The third-order valence-corrected chi connectivity index (χ3v) is 11.9. The van der Waals surface area contributed by atoms with Crippen molar-refractivity contribution in [1.82, 2.24) is 4.57 Å². The molecule has 59 heavy (non-hydrogen) atoms. The topological polar surface area (TPSA) is 8.17 Å². The predicted molar refractivity (Wildman–Crippen MR) is 248 cm³/mol. The normalized spacial score (nSPS) is 13.6. The summed E-state index contributed by atoms with van der Waals surface area (Å²) >= 11 is 0. The highest BCUT2D eigenvalue weighted by Crippen LogP contribution is 2.59. The molecule has 1 aliphatic rings.